The summed E-state index contributed by atoms with van der Waals surface area (Å²) in [5.41, 5.74) is 4.08. The van der Waals surface area contributed by atoms with Gasteiger partial charge in [0.15, 0.2) is 5.37 Å². The normalized spacial score (nSPS) is 11.8. The molecule has 0 aromatic rings. The third-order valence-electron chi connectivity index (χ3n) is 1.35. The number of carbonyl (C=O) groups is 2. The van der Waals surface area contributed by atoms with E-state index in [-0.39, 0.29) is 29.6 Å². The fourth-order valence-corrected chi connectivity index (χ4v) is 1.37. The zero-order valence-electron chi connectivity index (χ0n) is 8.56. The van der Waals surface area contributed by atoms with Crippen LogP contribution in [0.4, 0.5) is 0 Å². The molecule has 9 heteroatoms. The summed E-state index contributed by atoms with van der Waals surface area (Å²) in [4.78, 5) is 21.4. The molecule has 0 rings (SSSR count). The number of hydrogen-bond donors (Lipinski definition) is 3. The summed E-state index contributed by atoms with van der Waals surface area (Å²) in [7, 11) is -4.71. The predicted molar refractivity (Wildman–Crippen MR) is 50.7 cm³/mol. The van der Waals surface area contributed by atoms with E-state index in [0.717, 1.165) is 0 Å². The third kappa shape index (κ3) is 5.42. The van der Waals surface area contributed by atoms with E-state index in [1.54, 1.807) is 11.4 Å². The van der Waals surface area contributed by atoms with Crippen LogP contribution in [0.3, 0.4) is 0 Å². The van der Waals surface area contributed by atoms with Crippen LogP contribution >= 0.6 is 0 Å². The summed E-state index contributed by atoms with van der Waals surface area (Å²) in [5, 5.41) is -0.252. The fourth-order valence-electron chi connectivity index (χ4n) is 0.641. The Morgan fingerprint density at radius 1 is 1.44 bits per heavy atom. The van der Waals surface area contributed by atoms with Crippen LogP contribution in [0, 0.1) is 6.08 Å². The molecule has 0 radical (unpaired) electrons. The maximum absolute atomic E-state index is 10.8. The van der Waals surface area contributed by atoms with Gasteiger partial charge in [-0.2, -0.15) is 8.42 Å². The molecule has 16 heavy (non-hydrogen) atoms. The van der Waals surface area contributed by atoms with Gasteiger partial charge in [0.25, 0.3) is 10.1 Å². The zero-order valence-corrected chi connectivity index (χ0v) is 11.4. The Labute approximate surface area is 115 Å². The first kappa shape index (κ1) is 17.7. The van der Waals surface area contributed by atoms with Gasteiger partial charge in [-0.15, -0.1) is 0 Å². The molecule has 4 N–H and O–H groups in total. The van der Waals surface area contributed by atoms with Crippen molar-refractivity contribution in [1.29, 1.82) is 0 Å². The molecule has 0 aliphatic carbocycles. The number of carbonyl (C=O) groups excluding carboxylic acids is 2. The van der Waals surface area contributed by atoms with Crippen LogP contribution in [0.25, 0.3) is 0 Å². The van der Waals surface area contributed by atoms with Crippen molar-refractivity contribution in [1.82, 2.24) is 5.32 Å². The van der Waals surface area contributed by atoms with Crippen LogP contribution in [-0.4, -0.2) is 30.2 Å². The van der Waals surface area contributed by atoms with Gasteiger partial charge in [0.05, 0.1) is 5.91 Å². The van der Waals surface area contributed by atoms with E-state index in [9.17, 15) is 18.0 Å². The minimum Gasteiger partial charge on any atom is -0.412 e. The van der Waals surface area contributed by atoms with E-state index >= 15 is 0 Å². The molecule has 0 spiro atoms. The van der Waals surface area contributed by atoms with E-state index in [2.05, 4.69) is 13.2 Å². The molecule has 84 valence electrons. The van der Waals surface area contributed by atoms with Crippen molar-refractivity contribution < 1.29 is 52.1 Å². The smallest absolute Gasteiger partial charge is 0.412 e. The number of rotatable bonds is 5. The third-order valence-corrected chi connectivity index (χ3v) is 2.35. The Kier molecular flexibility index (Phi) is 7.55. The minimum atomic E-state index is -4.71. The van der Waals surface area contributed by atoms with Crippen LogP contribution in [-0.2, 0) is 19.7 Å². The molecule has 1 atom stereocenters. The van der Waals surface area contributed by atoms with Crippen LogP contribution in [0.5, 0.6) is 0 Å². The second-order valence-electron chi connectivity index (χ2n) is 2.43. The van der Waals surface area contributed by atoms with E-state index in [1.807, 2.05) is 0 Å². The molecule has 2 amide bonds. The molecule has 0 saturated heterocycles. The Balaban J connectivity index is 0. The number of nitrogens with two attached hydrogens (primary N) is 1. The molecule has 0 aromatic carbocycles. The summed E-state index contributed by atoms with van der Waals surface area (Å²) in [6, 6.07) is 0. The van der Waals surface area contributed by atoms with Crippen molar-refractivity contribution in [2.24, 2.45) is 5.73 Å². The molecule has 1 unspecified atom stereocenters. The molecular weight excluding hydrogens is 247 g/mol. The molecule has 0 saturated carbocycles. The van der Waals surface area contributed by atoms with E-state index in [0.29, 0.717) is 0 Å². The fraction of sp³-hybridized carbons (Fsp3) is 0.143. The Morgan fingerprint density at radius 3 is 2.12 bits per heavy atom. The van der Waals surface area contributed by atoms with Gasteiger partial charge in [0, 0.05) is 5.57 Å². The van der Waals surface area contributed by atoms with Crippen molar-refractivity contribution >= 4 is 21.9 Å². The second-order valence-corrected chi connectivity index (χ2v) is 3.94. The van der Waals surface area contributed by atoms with Crippen LogP contribution in [0.15, 0.2) is 18.7 Å². The van der Waals surface area contributed by atoms with Gasteiger partial charge in [-0.1, -0.05) is 6.58 Å². The van der Waals surface area contributed by atoms with Crippen LogP contribution in [0.1, 0.15) is 0 Å². The van der Waals surface area contributed by atoms with Gasteiger partial charge >= 0.3 is 29.6 Å². The van der Waals surface area contributed by atoms with Gasteiger partial charge in [0.2, 0.25) is 5.91 Å². The summed E-state index contributed by atoms with van der Waals surface area (Å²) in [6.45, 7) is 5.97. The summed E-state index contributed by atoms with van der Waals surface area (Å²) in [5.74, 6) is -2.18. The monoisotopic (exact) mass is 256 g/mol. The number of nitrogens with one attached hydrogen (secondary N) is 1. The number of hydrogen-bond acceptors (Lipinski definition) is 4. The van der Waals surface area contributed by atoms with Gasteiger partial charge in [-0.3, -0.25) is 15.9 Å². The first-order valence-electron chi connectivity index (χ1n) is 3.48. The molecule has 7 nitrogen and oxygen atoms in total. The van der Waals surface area contributed by atoms with Gasteiger partial charge in [-0.25, -0.2) is 0 Å². The SMILES string of the molecule is C=[C-]C(=O)NC(C(=C)C(N)=O)S(=O)(=O)O.[Na+]. The maximum Gasteiger partial charge on any atom is 1.00 e. The van der Waals surface area contributed by atoms with Crippen LogP contribution < -0.4 is 40.6 Å². The average Bonchev–Trinajstić information content (AvgIpc) is 2.10. The van der Waals surface area contributed by atoms with Crippen molar-refractivity contribution in [2.75, 3.05) is 0 Å². The number of amides is 2. The second kappa shape index (κ2) is 6.81. The van der Waals surface area contributed by atoms with Gasteiger partial charge in [-0.05, 0) is 0 Å². The van der Waals surface area contributed by atoms with Crippen molar-refractivity contribution in [3.8, 4) is 0 Å². The molecule has 0 aliphatic rings. The van der Waals surface area contributed by atoms with Crippen molar-refractivity contribution in [2.45, 2.75) is 5.37 Å². The first-order valence-corrected chi connectivity index (χ1v) is 4.99. The molecule has 0 aromatic heterocycles. The molecule has 0 bridgehead atoms. The quantitative estimate of drug-likeness (QED) is 0.197. The Morgan fingerprint density at radius 2 is 1.88 bits per heavy atom. The van der Waals surface area contributed by atoms with Gasteiger partial charge < -0.3 is 21.9 Å². The average molecular weight is 256 g/mol. The Hall–Kier alpha value is -0.670. The Bertz CT molecular complexity index is 416. The number of primary amides is 1. The molecule has 0 fully saturated rings. The zero-order chi connectivity index (χ0) is 12.2. The van der Waals surface area contributed by atoms with Crippen molar-refractivity contribution in [3.63, 3.8) is 0 Å². The van der Waals surface area contributed by atoms with Gasteiger partial charge in [0.1, 0.15) is 0 Å². The van der Waals surface area contributed by atoms with E-state index in [1.165, 1.54) is 0 Å². The standard InChI is InChI=1S/C7H9N2O5S.Na/c1-3-5(10)9-7(15(12,13)14)4(2)6(8)11;/h7H,1-2H2,(H2,8,11)(H,9,10)(H,12,13,14);/q-1;+1. The van der Waals surface area contributed by atoms with E-state index in [4.69, 9.17) is 10.3 Å². The molecule has 0 heterocycles. The summed E-state index contributed by atoms with van der Waals surface area (Å²) in [6.07, 6.45) is 1.79. The maximum atomic E-state index is 10.8. The molecular formula is C7H9N2NaO5S. The van der Waals surface area contributed by atoms with Crippen LogP contribution in [0.2, 0.25) is 0 Å². The first-order chi connectivity index (χ1) is 6.70. The van der Waals surface area contributed by atoms with E-state index < -0.39 is 32.9 Å². The predicted octanol–water partition coefficient (Wildman–Crippen LogP) is -4.65. The summed E-state index contributed by atoms with van der Waals surface area (Å²) >= 11 is 0. The summed E-state index contributed by atoms with van der Waals surface area (Å²) < 4.78 is 30.2. The largest absolute Gasteiger partial charge is 1.00 e. The molecule has 0 aliphatic heterocycles. The van der Waals surface area contributed by atoms with Crippen molar-refractivity contribution in [3.05, 3.63) is 24.8 Å². The topological polar surface area (TPSA) is 127 Å². The minimum absolute atomic E-state index is 0.